The Morgan fingerprint density at radius 2 is 1.52 bits per heavy atom. The predicted octanol–water partition coefficient (Wildman–Crippen LogP) is 4.67. The molecule has 0 heterocycles. The van der Waals surface area contributed by atoms with Crippen LogP contribution in [0.3, 0.4) is 0 Å². The molecule has 3 aromatic rings. The number of hydrogen-bond acceptors (Lipinski definition) is 7. The number of halogens is 1. The van der Waals surface area contributed by atoms with Crippen LogP contribution in [0.15, 0.2) is 77.7 Å². The average molecular weight is 660 g/mol. The Hall–Kier alpha value is -3.38. The fourth-order valence-corrected chi connectivity index (χ4v) is 6.28. The van der Waals surface area contributed by atoms with Gasteiger partial charge in [-0.05, 0) is 48.2 Å². The predicted molar refractivity (Wildman–Crippen MR) is 175 cm³/mol. The minimum absolute atomic E-state index is 0.0646. The molecule has 1 atom stereocenters. The quantitative estimate of drug-likeness (QED) is 0.204. The number of carbonyl (C=O) groups excluding carboxylic acids is 3. The number of rotatable bonds is 15. The van der Waals surface area contributed by atoms with Gasteiger partial charge in [0.1, 0.15) is 6.10 Å². The number of benzene rings is 3. The fourth-order valence-electron chi connectivity index (χ4n) is 4.54. The van der Waals surface area contributed by atoms with E-state index in [0.717, 1.165) is 11.1 Å². The maximum atomic E-state index is 13.2. The number of hydrogen-bond donors (Lipinski definition) is 3. The van der Waals surface area contributed by atoms with Crippen molar-refractivity contribution in [1.82, 2.24) is 14.5 Å². The summed E-state index contributed by atoms with van der Waals surface area (Å²) in [7, 11) is -4.24. The topological polar surface area (TPSA) is 124 Å². The van der Waals surface area contributed by atoms with E-state index < -0.39 is 22.0 Å². The minimum atomic E-state index is -4.24. The number of carbonyl (C=O) groups is 3. The van der Waals surface area contributed by atoms with Crippen molar-refractivity contribution in [3.8, 4) is 11.1 Å². The Balaban J connectivity index is 1.76. The van der Waals surface area contributed by atoms with Gasteiger partial charge in [0.2, 0.25) is 11.8 Å². The Morgan fingerprint density at radius 1 is 0.886 bits per heavy atom. The molecule has 0 bridgehead atoms. The molecule has 2 N–H and O–H groups in total. The largest absolute Gasteiger partial charge is 0.384 e. The number of nitrogens with zero attached hydrogens (tertiary/aromatic N) is 2. The highest BCUT2D eigenvalue weighted by atomic mass is 35.5. The molecule has 3 rings (SSSR count). The molecule has 0 radical (unpaired) electrons. The molecule has 0 saturated carbocycles. The SMILES string of the molecule is CCCC(=O)N(CCC(=O)N(CCS)Cc1cccc(Cl)c1)Cc1ccc(-c2ccccc2S(=O)(=O)NC(=O)C(C)O)cc1. The second kappa shape index (κ2) is 16.6. The first-order valence-corrected chi connectivity index (χ1v) is 16.8. The third-order valence-electron chi connectivity index (χ3n) is 6.83. The molecule has 12 heteroatoms. The van der Waals surface area contributed by atoms with Crippen LogP contribution in [0.5, 0.6) is 0 Å². The van der Waals surface area contributed by atoms with Crippen molar-refractivity contribution < 1.29 is 27.9 Å². The first kappa shape index (κ1) is 35.1. The van der Waals surface area contributed by atoms with Crippen LogP contribution in [-0.2, 0) is 37.5 Å². The molecule has 0 aliphatic heterocycles. The van der Waals surface area contributed by atoms with Crippen LogP contribution < -0.4 is 4.72 Å². The number of aliphatic hydroxyl groups excluding tert-OH is 1. The van der Waals surface area contributed by atoms with Gasteiger partial charge in [0.05, 0.1) is 4.90 Å². The monoisotopic (exact) mass is 659 g/mol. The summed E-state index contributed by atoms with van der Waals surface area (Å²) < 4.78 is 27.7. The number of sulfonamides is 1. The van der Waals surface area contributed by atoms with Crippen molar-refractivity contribution in [2.75, 3.05) is 18.8 Å². The van der Waals surface area contributed by atoms with Crippen LogP contribution in [-0.4, -0.2) is 66.0 Å². The summed E-state index contributed by atoms with van der Waals surface area (Å²) in [5.41, 5.74) is 2.67. The summed E-state index contributed by atoms with van der Waals surface area (Å²) in [6.07, 6.45) is -0.331. The van der Waals surface area contributed by atoms with Gasteiger partial charge in [0.25, 0.3) is 15.9 Å². The van der Waals surface area contributed by atoms with E-state index in [4.69, 9.17) is 11.6 Å². The van der Waals surface area contributed by atoms with Gasteiger partial charge < -0.3 is 14.9 Å². The first-order chi connectivity index (χ1) is 20.9. The van der Waals surface area contributed by atoms with Gasteiger partial charge in [-0.15, -0.1) is 0 Å². The lowest BCUT2D eigenvalue weighted by atomic mass is 10.0. The number of amides is 3. The molecule has 3 amide bonds. The molecule has 0 aliphatic rings. The molecule has 44 heavy (non-hydrogen) atoms. The standard InChI is InChI=1S/C32H38ClN3O6S2/c1-3-7-30(38)35(17-16-31(39)36(18-19-43)22-25-8-6-9-27(33)20-25)21-24-12-14-26(15-13-24)28-10-4-5-11-29(28)44(41,42)34-32(40)23(2)37/h4-6,8-15,20,23,37,43H,3,7,16-19,21-22H2,1-2H3,(H,34,40). The molecule has 0 fully saturated rings. The van der Waals surface area contributed by atoms with E-state index in [1.165, 1.54) is 13.0 Å². The fraction of sp³-hybridized carbons (Fsp3) is 0.344. The van der Waals surface area contributed by atoms with Gasteiger partial charge in [-0.3, -0.25) is 14.4 Å². The lowest BCUT2D eigenvalue weighted by Gasteiger charge is -2.26. The first-order valence-electron chi connectivity index (χ1n) is 14.3. The summed E-state index contributed by atoms with van der Waals surface area (Å²) in [6.45, 7) is 4.46. The van der Waals surface area contributed by atoms with E-state index in [2.05, 4.69) is 12.6 Å². The summed E-state index contributed by atoms with van der Waals surface area (Å²) in [6, 6.07) is 20.7. The second-order valence-corrected chi connectivity index (χ2v) is 12.9. The zero-order valence-electron chi connectivity index (χ0n) is 24.8. The number of thiol groups is 1. The molecular formula is C32H38ClN3O6S2. The Kier molecular flexibility index (Phi) is 13.3. The van der Waals surface area contributed by atoms with Gasteiger partial charge in [0.15, 0.2) is 0 Å². The van der Waals surface area contributed by atoms with Crippen molar-refractivity contribution in [2.45, 2.75) is 57.2 Å². The van der Waals surface area contributed by atoms with Crippen LogP contribution in [0.2, 0.25) is 5.02 Å². The van der Waals surface area contributed by atoms with Crippen LogP contribution in [0.4, 0.5) is 0 Å². The maximum Gasteiger partial charge on any atom is 0.264 e. The zero-order valence-corrected chi connectivity index (χ0v) is 27.2. The Morgan fingerprint density at radius 3 is 2.16 bits per heavy atom. The van der Waals surface area contributed by atoms with Crippen molar-refractivity contribution in [2.24, 2.45) is 0 Å². The summed E-state index contributed by atoms with van der Waals surface area (Å²) >= 11 is 10.4. The molecular weight excluding hydrogens is 622 g/mol. The van der Waals surface area contributed by atoms with E-state index in [0.29, 0.717) is 47.8 Å². The summed E-state index contributed by atoms with van der Waals surface area (Å²) in [5.74, 6) is -0.688. The van der Waals surface area contributed by atoms with Crippen LogP contribution in [0.1, 0.15) is 44.2 Å². The third-order valence-corrected chi connectivity index (χ3v) is 8.67. The Labute approximate surface area is 269 Å². The van der Waals surface area contributed by atoms with Crippen LogP contribution in [0.25, 0.3) is 11.1 Å². The molecule has 3 aromatic carbocycles. The molecule has 0 aliphatic carbocycles. The lowest BCUT2D eigenvalue weighted by Crippen LogP contribution is -2.37. The molecule has 1 unspecified atom stereocenters. The Bertz CT molecular complexity index is 1550. The lowest BCUT2D eigenvalue weighted by molar-refractivity contribution is -0.135. The summed E-state index contributed by atoms with van der Waals surface area (Å²) in [4.78, 5) is 41.4. The second-order valence-electron chi connectivity index (χ2n) is 10.3. The van der Waals surface area contributed by atoms with E-state index >= 15 is 0 Å². The zero-order chi connectivity index (χ0) is 32.3. The van der Waals surface area contributed by atoms with E-state index in [1.807, 2.05) is 29.8 Å². The highest BCUT2D eigenvalue weighted by Gasteiger charge is 2.24. The summed E-state index contributed by atoms with van der Waals surface area (Å²) in [5, 5.41) is 10.0. The van der Waals surface area contributed by atoms with Crippen LogP contribution >= 0.6 is 24.2 Å². The van der Waals surface area contributed by atoms with Crippen molar-refractivity contribution in [1.29, 1.82) is 0 Å². The van der Waals surface area contributed by atoms with Crippen molar-refractivity contribution in [3.05, 3.63) is 88.9 Å². The van der Waals surface area contributed by atoms with E-state index in [1.54, 1.807) is 58.3 Å². The molecule has 0 aromatic heterocycles. The van der Waals surface area contributed by atoms with Crippen LogP contribution in [0, 0.1) is 0 Å². The van der Waals surface area contributed by atoms with E-state index in [9.17, 15) is 27.9 Å². The maximum absolute atomic E-state index is 13.2. The van der Waals surface area contributed by atoms with Crippen molar-refractivity contribution >= 4 is 52.0 Å². The third kappa shape index (κ3) is 10.1. The molecule has 0 spiro atoms. The normalized spacial score (nSPS) is 11.9. The molecule has 9 nitrogen and oxygen atoms in total. The minimum Gasteiger partial charge on any atom is -0.384 e. The van der Waals surface area contributed by atoms with Gasteiger partial charge in [-0.1, -0.05) is 73.1 Å². The van der Waals surface area contributed by atoms with Gasteiger partial charge in [0, 0.05) is 55.4 Å². The highest BCUT2D eigenvalue weighted by molar-refractivity contribution is 7.90. The van der Waals surface area contributed by atoms with E-state index in [-0.39, 0.29) is 36.2 Å². The van der Waals surface area contributed by atoms with Gasteiger partial charge in [-0.25, -0.2) is 13.1 Å². The number of aliphatic hydroxyl groups is 1. The smallest absolute Gasteiger partial charge is 0.264 e. The molecule has 236 valence electrons. The van der Waals surface area contributed by atoms with Gasteiger partial charge >= 0.3 is 0 Å². The van der Waals surface area contributed by atoms with Crippen molar-refractivity contribution in [3.63, 3.8) is 0 Å². The molecule has 0 saturated heterocycles. The number of nitrogens with one attached hydrogen (secondary N) is 1. The average Bonchev–Trinajstić information content (AvgIpc) is 2.99. The highest BCUT2D eigenvalue weighted by Crippen LogP contribution is 2.28. The van der Waals surface area contributed by atoms with Gasteiger partial charge in [-0.2, -0.15) is 12.6 Å².